The van der Waals surface area contributed by atoms with Gasteiger partial charge in [0.1, 0.15) is 6.61 Å². The van der Waals surface area contributed by atoms with Gasteiger partial charge in [-0.15, -0.1) is 0 Å². The van der Waals surface area contributed by atoms with Crippen molar-refractivity contribution in [2.75, 3.05) is 6.61 Å². The number of carbonyl (C=O) groups is 1. The Morgan fingerprint density at radius 1 is 1.50 bits per heavy atom. The van der Waals surface area contributed by atoms with Gasteiger partial charge in [-0.2, -0.15) is 13.2 Å². The maximum Gasteiger partial charge on any atom is 0.411 e. The predicted octanol–water partition coefficient (Wildman–Crippen LogP) is 1.86. The van der Waals surface area contributed by atoms with Crippen LogP contribution in [-0.2, 0) is 11.3 Å². The highest BCUT2D eigenvalue weighted by Crippen LogP contribution is 2.15. The van der Waals surface area contributed by atoms with Crippen molar-refractivity contribution in [2.45, 2.75) is 12.8 Å². The van der Waals surface area contributed by atoms with Crippen LogP contribution >= 0.6 is 0 Å². The molecule has 0 fully saturated rings. The molecule has 0 saturated heterocycles. The summed E-state index contributed by atoms with van der Waals surface area (Å²) in [6.45, 7) is -1.76. The van der Waals surface area contributed by atoms with E-state index >= 15 is 0 Å². The van der Waals surface area contributed by atoms with Gasteiger partial charge in [0.25, 0.3) is 0 Å². The summed E-state index contributed by atoms with van der Waals surface area (Å²) in [5.41, 5.74) is 0.102. The molecule has 88 valence electrons. The summed E-state index contributed by atoms with van der Waals surface area (Å²) in [6, 6.07) is 2.41. The van der Waals surface area contributed by atoms with Crippen LogP contribution in [-0.4, -0.2) is 28.8 Å². The minimum Gasteiger partial charge on any atom is -0.478 e. The molecule has 0 bridgehead atoms. The Hall–Kier alpha value is -1.63. The van der Waals surface area contributed by atoms with E-state index in [0.29, 0.717) is 0 Å². The van der Waals surface area contributed by atoms with E-state index in [9.17, 15) is 18.0 Å². The molecule has 16 heavy (non-hydrogen) atoms. The highest BCUT2D eigenvalue weighted by atomic mass is 19.4. The molecule has 1 aromatic rings. The number of pyridine rings is 1. The average molecular weight is 235 g/mol. The van der Waals surface area contributed by atoms with Gasteiger partial charge in [-0.25, -0.2) is 4.79 Å². The van der Waals surface area contributed by atoms with E-state index in [1.807, 2.05) is 0 Å². The van der Waals surface area contributed by atoms with Crippen LogP contribution in [0, 0.1) is 0 Å². The molecule has 0 aliphatic carbocycles. The van der Waals surface area contributed by atoms with Crippen LogP contribution in [0.3, 0.4) is 0 Å². The molecule has 4 nitrogen and oxygen atoms in total. The summed E-state index contributed by atoms with van der Waals surface area (Å²) in [7, 11) is 0. The standard InChI is InChI=1S/C9H8F3NO3/c10-9(11,12)5-16-4-7-3-6(8(14)15)1-2-13-7/h1-3H,4-5H2,(H,14,15). The number of carboxylic acid groups (broad SMARTS) is 1. The molecule has 1 rings (SSSR count). The first-order chi connectivity index (χ1) is 7.38. The van der Waals surface area contributed by atoms with E-state index in [1.54, 1.807) is 0 Å². The van der Waals surface area contributed by atoms with E-state index in [0.717, 1.165) is 0 Å². The average Bonchev–Trinajstić information content (AvgIpc) is 2.16. The molecule has 7 heteroatoms. The topological polar surface area (TPSA) is 59.4 Å². The minimum absolute atomic E-state index is 0.0411. The van der Waals surface area contributed by atoms with Gasteiger partial charge in [-0.05, 0) is 12.1 Å². The second kappa shape index (κ2) is 4.93. The summed E-state index contributed by atoms with van der Waals surface area (Å²) < 4.78 is 39.5. The van der Waals surface area contributed by atoms with Crippen LogP contribution in [0.5, 0.6) is 0 Å². The Bertz CT molecular complexity index is 379. The van der Waals surface area contributed by atoms with Crippen LogP contribution in [0.2, 0.25) is 0 Å². The fourth-order valence-electron chi connectivity index (χ4n) is 0.961. The van der Waals surface area contributed by atoms with Crippen molar-refractivity contribution in [1.82, 2.24) is 4.98 Å². The van der Waals surface area contributed by atoms with Gasteiger partial charge < -0.3 is 9.84 Å². The van der Waals surface area contributed by atoms with Crippen molar-refractivity contribution in [2.24, 2.45) is 0 Å². The Morgan fingerprint density at radius 3 is 2.75 bits per heavy atom. The van der Waals surface area contributed by atoms with Crippen LogP contribution in [0.15, 0.2) is 18.3 Å². The molecule has 0 amide bonds. The summed E-state index contributed by atoms with van der Waals surface area (Å²) in [5, 5.41) is 8.62. The van der Waals surface area contributed by atoms with E-state index < -0.39 is 18.8 Å². The Morgan fingerprint density at radius 2 is 2.19 bits per heavy atom. The molecule has 0 radical (unpaired) electrons. The van der Waals surface area contributed by atoms with Crippen molar-refractivity contribution >= 4 is 5.97 Å². The lowest BCUT2D eigenvalue weighted by Gasteiger charge is -2.07. The molecule has 1 N–H and O–H groups in total. The number of rotatable bonds is 4. The smallest absolute Gasteiger partial charge is 0.411 e. The molecule has 0 saturated carbocycles. The van der Waals surface area contributed by atoms with Gasteiger partial charge in [0, 0.05) is 6.20 Å². The van der Waals surface area contributed by atoms with Gasteiger partial charge in [-0.1, -0.05) is 0 Å². The summed E-state index contributed by atoms with van der Waals surface area (Å²) >= 11 is 0. The predicted molar refractivity (Wildman–Crippen MR) is 46.9 cm³/mol. The Kier molecular flexibility index (Phi) is 3.83. The van der Waals surface area contributed by atoms with Gasteiger partial charge >= 0.3 is 12.1 Å². The second-order valence-electron chi connectivity index (χ2n) is 2.95. The second-order valence-corrected chi connectivity index (χ2v) is 2.95. The maximum atomic E-state index is 11.7. The summed E-state index contributed by atoms with van der Waals surface area (Å²) in [5.74, 6) is -1.17. The minimum atomic E-state index is -4.40. The highest BCUT2D eigenvalue weighted by Gasteiger charge is 2.27. The molecule has 0 aliphatic rings. The number of hydrogen-bond donors (Lipinski definition) is 1. The maximum absolute atomic E-state index is 11.7. The first-order valence-electron chi connectivity index (χ1n) is 4.21. The fourth-order valence-corrected chi connectivity index (χ4v) is 0.961. The SMILES string of the molecule is O=C(O)c1ccnc(COCC(F)(F)F)c1. The number of carboxylic acids is 1. The van der Waals surface area contributed by atoms with Crippen molar-refractivity contribution in [3.05, 3.63) is 29.6 Å². The first-order valence-corrected chi connectivity index (χ1v) is 4.21. The van der Waals surface area contributed by atoms with Crippen molar-refractivity contribution in [3.63, 3.8) is 0 Å². The van der Waals surface area contributed by atoms with E-state index in [2.05, 4.69) is 9.72 Å². The Balaban J connectivity index is 2.55. The van der Waals surface area contributed by atoms with Crippen LogP contribution in [0.25, 0.3) is 0 Å². The number of aromatic nitrogens is 1. The number of halogens is 3. The number of hydrogen-bond acceptors (Lipinski definition) is 3. The lowest BCUT2D eigenvalue weighted by atomic mass is 10.2. The molecule has 1 heterocycles. The summed E-state index contributed by atoms with van der Waals surface area (Å²) in [6.07, 6.45) is -3.19. The highest BCUT2D eigenvalue weighted by molar-refractivity contribution is 5.87. The number of ether oxygens (including phenoxy) is 1. The zero-order valence-corrected chi connectivity index (χ0v) is 7.99. The third kappa shape index (κ3) is 4.26. The van der Waals surface area contributed by atoms with Crippen molar-refractivity contribution < 1.29 is 27.8 Å². The van der Waals surface area contributed by atoms with Gasteiger partial charge in [0.15, 0.2) is 0 Å². The van der Waals surface area contributed by atoms with Crippen molar-refractivity contribution in [3.8, 4) is 0 Å². The largest absolute Gasteiger partial charge is 0.478 e. The van der Waals surface area contributed by atoms with Crippen LogP contribution in [0.1, 0.15) is 16.1 Å². The number of aromatic carboxylic acids is 1. The molecule has 0 unspecified atom stereocenters. The Labute approximate surface area is 88.7 Å². The number of alkyl halides is 3. The van der Waals surface area contributed by atoms with Crippen molar-refractivity contribution in [1.29, 1.82) is 0 Å². The molecule has 0 spiro atoms. The van der Waals surface area contributed by atoms with Crippen LogP contribution in [0.4, 0.5) is 13.2 Å². The molecule has 0 aromatic carbocycles. The molecular weight excluding hydrogens is 227 g/mol. The molecule has 0 atom stereocenters. The molecule has 0 aliphatic heterocycles. The quantitative estimate of drug-likeness (QED) is 0.865. The zero-order chi connectivity index (χ0) is 12.2. The zero-order valence-electron chi connectivity index (χ0n) is 7.99. The lowest BCUT2D eigenvalue weighted by Crippen LogP contribution is -2.17. The van der Waals surface area contributed by atoms with Crippen LogP contribution < -0.4 is 0 Å². The third-order valence-corrected chi connectivity index (χ3v) is 1.58. The molecular formula is C9H8F3NO3. The van der Waals surface area contributed by atoms with E-state index in [-0.39, 0.29) is 17.9 Å². The van der Waals surface area contributed by atoms with E-state index in [1.165, 1.54) is 18.3 Å². The monoisotopic (exact) mass is 235 g/mol. The normalized spacial score (nSPS) is 11.4. The first kappa shape index (κ1) is 12.4. The lowest BCUT2D eigenvalue weighted by molar-refractivity contribution is -0.176. The van der Waals surface area contributed by atoms with Gasteiger partial charge in [0.05, 0.1) is 17.9 Å². The van der Waals surface area contributed by atoms with Gasteiger partial charge in [0.2, 0.25) is 0 Å². The summed E-state index contributed by atoms with van der Waals surface area (Å²) in [4.78, 5) is 14.2. The van der Waals surface area contributed by atoms with E-state index in [4.69, 9.17) is 5.11 Å². The fraction of sp³-hybridized carbons (Fsp3) is 0.333. The third-order valence-electron chi connectivity index (χ3n) is 1.58. The molecule has 1 aromatic heterocycles. The number of nitrogens with zero attached hydrogens (tertiary/aromatic N) is 1. The van der Waals surface area contributed by atoms with Gasteiger partial charge in [-0.3, -0.25) is 4.98 Å².